The van der Waals surface area contributed by atoms with E-state index in [-0.39, 0.29) is 29.4 Å². The lowest BCUT2D eigenvalue weighted by Gasteiger charge is -2.45. The number of benzene rings is 4. The molecule has 5 nitrogen and oxygen atoms in total. The fourth-order valence-corrected chi connectivity index (χ4v) is 6.65. The third-order valence-corrected chi connectivity index (χ3v) is 8.37. The molecular formula is C31H20BrNO4. The van der Waals surface area contributed by atoms with Gasteiger partial charge in [-0.05, 0) is 58.7 Å². The molecule has 1 aliphatic heterocycles. The molecule has 0 spiro atoms. The van der Waals surface area contributed by atoms with Crippen molar-refractivity contribution in [2.24, 2.45) is 11.8 Å². The van der Waals surface area contributed by atoms with Gasteiger partial charge in [-0.1, -0.05) is 76.6 Å². The average Bonchev–Trinajstić information content (AvgIpc) is 3.19. The Morgan fingerprint density at radius 3 is 1.62 bits per heavy atom. The average molecular weight is 550 g/mol. The molecule has 3 aliphatic carbocycles. The predicted molar refractivity (Wildman–Crippen MR) is 142 cm³/mol. The molecule has 0 aromatic heterocycles. The molecule has 0 unspecified atom stereocenters. The van der Waals surface area contributed by atoms with E-state index in [1.165, 1.54) is 4.90 Å². The van der Waals surface area contributed by atoms with Crippen LogP contribution in [0.1, 0.15) is 44.4 Å². The van der Waals surface area contributed by atoms with Crippen LogP contribution in [0.2, 0.25) is 0 Å². The van der Waals surface area contributed by atoms with Crippen LogP contribution in [-0.4, -0.2) is 17.8 Å². The number of ether oxygens (including phenoxy) is 1. The molecule has 4 aromatic carbocycles. The Morgan fingerprint density at radius 2 is 1.11 bits per heavy atom. The number of halogens is 1. The van der Waals surface area contributed by atoms with Gasteiger partial charge in [-0.15, -0.1) is 0 Å². The standard InChI is InChI=1S/C31H20BrNO4/c32-18-15-13-17(14-16-18)31(36)37-24-12-6-5-11-23(24)33-29(34)27-25-19-7-1-2-8-20(19)26(28(27)30(33)35)22-10-4-3-9-21(22)25/h1-16,25-28H/t25?,26?,27-,28+. The molecule has 6 heteroatoms. The van der Waals surface area contributed by atoms with E-state index in [0.717, 1.165) is 26.7 Å². The van der Waals surface area contributed by atoms with E-state index >= 15 is 0 Å². The molecule has 1 fully saturated rings. The Balaban J connectivity index is 1.30. The third kappa shape index (κ3) is 3.18. The molecule has 2 amide bonds. The fraction of sp³-hybridized carbons (Fsp3) is 0.129. The maximum absolute atomic E-state index is 14.1. The van der Waals surface area contributed by atoms with Crippen LogP contribution in [0, 0.1) is 11.8 Å². The predicted octanol–water partition coefficient (Wildman–Crippen LogP) is 6.06. The van der Waals surface area contributed by atoms with Crippen LogP contribution >= 0.6 is 15.9 Å². The summed E-state index contributed by atoms with van der Waals surface area (Å²) in [6, 6.07) is 29.9. The minimum atomic E-state index is -0.559. The lowest BCUT2D eigenvalue weighted by atomic mass is 9.55. The van der Waals surface area contributed by atoms with Crippen molar-refractivity contribution >= 4 is 39.4 Å². The number of rotatable bonds is 3. The van der Waals surface area contributed by atoms with Crippen molar-refractivity contribution < 1.29 is 19.1 Å². The first-order valence-corrected chi connectivity index (χ1v) is 13.0. The van der Waals surface area contributed by atoms with Crippen molar-refractivity contribution in [1.82, 2.24) is 0 Å². The first kappa shape index (κ1) is 22.2. The number of carbonyl (C=O) groups is 3. The van der Waals surface area contributed by atoms with E-state index in [9.17, 15) is 14.4 Å². The quantitative estimate of drug-likeness (QED) is 0.177. The van der Waals surface area contributed by atoms with Gasteiger partial charge in [0.05, 0.1) is 23.1 Å². The highest BCUT2D eigenvalue weighted by Gasteiger charge is 2.62. The first-order chi connectivity index (χ1) is 18.0. The minimum absolute atomic E-state index is 0.179. The fourth-order valence-electron chi connectivity index (χ4n) is 6.39. The summed E-state index contributed by atoms with van der Waals surface area (Å²) in [5.74, 6) is -2.27. The zero-order valence-electron chi connectivity index (χ0n) is 19.5. The second-order valence-corrected chi connectivity index (χ2v) is 10.6. The zero-order valence-corrected chi connectivity index (χ0v) is 21.1. The molecule has 2 bridgehead atoms. The summed E-state index contributed by atoms with van der Waals surface area (Å²) < 4.78 is 6.57. The first-order valence-electron chi connectivity index (χ1n) is 12.2. The van der Waals surface area contributed by atoms with Crippen LogP contribution in [0.15, 0.2) is 102 Å². The number of nitrogens with zero attached hydrogens (tertiary/aromatic N) is 1. The second-order valence-electron chi connectivity index (χ2n) is 9.64. The van der Waals surface area contributed by atoms with Crippen LogP contribution in [0.25, 0.3) is 0 Å². The molecule has 4 aromatic rings. The number of carbonyl (C=O) groups excluding carboxylic acids is 3. The molecule has 8 rings (SSSR count). The molecule has 2 atom stereocenters. The lowest BCUT2D eigenvalue weighted by molar-refractivity contribution is -0.122. The van der Waals surface area contributed by atoms with Crippen molar-refractivity contribution in [2.45, 2.75) is 11.8 Å². The minimum Gasteiger partial charge on any atom is -0.421 e. The Bertz CT molecular complexity index is 1500. The van der Waals surface area contributed by atoms with Gasteiger partial charge in [0, 0.05) is 16.3 Å². The summed E-state index contributed by atoms with van der Waals surface area (Å²) in [5, 5.41) is 0. The molecule has 180 valence electrons. The van der Waals surface area contributed by atoms with E-state index in [1.807, 2.05) is 24.3 Å². The molecule has 1 heterocycles. The number of anilines is 1. The van der Waals surface area contributed by atoms with Gasteiger partial charge in [0.15, 0.2) is 5.75 Å². The van der Waals surface area contributed by atoms with Gasteiger partial charge >= 0.3 is 5.97 Å². The number of hydrogen-bond acceptors (Lipinski definition) is 4. The normalized spacial score (nSPS) is 22.9. The van der Waals surface area contributed by atoms with E-state index in [2.05, 4.69) is 40.2 Å². The summed E-state index contributed by atoms with van der Waals surface area (Å²) in [6.07, 6.45) is 0. The summed E-state index contributed by atoms with van der Waals surface area (Å²) in [4.78, 5) is 42.3. The van der Waals surface area contributed by atoms with E-state index in [1.54, 1.807) is 48.5 Å². The largest absolute Gasteiger partial charge is 0.421 e. The SMILES string of the molecule is O=C(Oc1ccccc1N1C(=O)[C@@H]2C3c4ccccc4C(c4ccccc43)[C@@H]2C1=O)c1ccc(Br)cc1. The van der Waals surface area contributed by atoms with Crippen molar-refractivity contribution in [3.8, 4) is 5.75 Å². The van der Waals surface area contributed by atoms with Gasteiger partial charge in [-0.2, -0.15) is 0 Å². The molecule has 0 saturated carbocycles. The molecule has 0 N–H and O–H groups in total. The molecule has 4 aliphatic rings. The van der Waals surface area contributed by atoms with Crippen LogP contribution in [-0.2, 0) is 9.59 Å². The van der Waals surface area contributed by atoms with Gasteiger partial charge in [0.2, 0.25) is 11.8 Å². The van der Waals surface area contributed by atoms with Crippen molar-refractivity contribution in [3.63, 3.8) is 0 Å². The van der Waals surface area contributed by atoms with Gasteiger partial charge in [0.25, 0.3) is 0 Å². The summed E-state index contributed by atoms with van der Waals surface area (Å²) >= 11 is 3.36. The molecular weight excluding hydrogens is 530 g/mol. The monoisotopic (exact) mass is 549 g/mol. The van der Waals surface area contributed by atoms with E-state index in [0.29, 0.717) is 11.3 Å². The number of amides is 2. The van der Waals surface area contributed by atoms with E-state index in [4.69, 9.17) is 4.74 Å². The summed E-state index contributed by atoms with van der Waals surface area (Å²) in [5.41, 5.74) is 5.13. The van der Waals surface area contributed by atoms with Gasteiger partial charge < -0.3 is 4.74 Å². The van der Waals surface area contributed by atoms with Crippen LogP contribution in [0.4, 0.5) is 5.69 Å². The highest BCUT2D eigenvalue weighted by atomic mass is 79.9. The maximum Gasteiger partial charge on any atom is 0.343 e. The maximum atomic E-state index is 14.1. The Morgan fingerprint density at radius 1 is 0.649 bits per heavy atom. The molecule has 1 saturated heterocycles. The van der Waals surface area contributed by atoms with Crippen LogP contribution < -0.4 is 9.64 Å². The Hall–Kier alpha value is -4.03. The second kappa shape index (κ2) is 8.25. The van der Waals surface area contributed by atoms with Gasteiger partial charge in [-0.3, -0.25) is 9.59 Å². The number of imide groups is 1. The number of esters is 1. The van der Waals surface area contributed by atoms with Gasteiger partial charge in [-0.25, -0.2) is 9.69 Å². The summed E-state index contributed by atoms with van der Waals surface area (Å²) in [7, 11) is 0. The Labute approximate surface area is 221 Å². The molecule has 37 heavy (non-hydrogen) atoms. The van der Waals surface area contributed by atoms with Crippen LogP contribution in [0.5, 0.6) is 5.75 Å². The molecule has 0 radical (unpaired) electrons. The topological polar surface area (TPSA) is 63.7 Å². The number of para-hydroxylation sites is 2. The highest BCUT2D eigenvalue weighted by molar-refractivity contribution is 9.10. The highest BCUT2D eigenvalue weighted by Crippen LogP contribution is 2.61. The smallest absolute Gasteiger partial charge is 0.343 e. The lowest BCUT2D eigenvalue weighted by Crippen LogP contribution is -2.41. The van der Waals surface area contributed by atoms with E-state index < -0.39 is 17.8 Å². The number of hydrogen-bond donors (Lipinski definition) is 0. The van der Waals surface area contributed by atoms with Crippen LogP contribution in [0.3, 0.4) is 0 Å². The van der Waals surface area contributed by atoms with Crippen molar-refractivity contribution in [3.05, 3.63) is 129 Å². The summed E-state index contributed by atoms with van der Waals surface area (Å²) in [6.45, 7) is 0. The Kier molecular flexibility index (Phi) is 4.95. The van der Waals surface area contributed by atoms with Crippen molar-refractivity contribution in [2.75, 3.05) is 4.90 Å². The third-order valence-electron chi connectivity index (χ3n) is 7.84. The zero-order chi connectivity index (χ0) is 25.3. The van der Waals surface area contributed by atoms with Crippen molar-refractivity contribution in [1.29, 1.82) is 0 Å². The van der Waals surface area contributed by atoms with Gasteiger partial charge in [0.1, 0.15) is 0 Å².